The number of nitrogens with one attached hydrogen (secondary N) is 1. The molecule has 1 aromatic carbocycles. The second-order valence-electron chi connectivity index (χ2n) is 6.71. The van der Waals surface area contributed by atoms with Gasteiger partial charge < -0.3 is 9.73 Å². The molecule has 20 heavy (non-hydrogen) atoms. The van der Waals surface area contributed by atoms with Gasteiger partial charge in [0.1, 0.15) is 5.58 Å². The van der Waals surface area contributed by atoms with Gasteiger partial charge in [-0.25, -0.2) is 0 Å². The lowest BCUT2D eigenvalue weighted by molar-refractivity contribution is -0.121. The first kappa shape index (κ1) is 13.2. The van der Waals surface area contributed by atoms with Gasteiger partial charge in [0.2, 0.25) is 5.91 Å². The minimum atomic E-state index is -0.197. The number of carbonyl (C=O) groups is 1. The Morgan fingerprint density at radius 2 is 1.95 bits per heavy atom. The predicted molar refractivity (Wildman–Crippen MR) is 79.8 cm³/mol. The van der Waals surface area contributed by atoms with Crippen molar-refractivity contribution in [3.63, 3.8) is 0 Å². The van der Waals surface area contributed by atoms with Gasteiger partial charge in [0.05, 0.1) is 12.7 Å². The van der Waals surface area contributed by atoms with Crippen molar-refractivity contribution < 1.29 is 9.21 Å². The summed E-state index contributed by atoms with van der Waals surface area (Å²) in [5.74, 6) is 0.0423. The zero-order valence-corrected chi connectivity index (χ0v) is 12.4. The van der Waals surface area contributed by atoms with Crippen molar-refractivity contribution in [3.05, 3.63) is 35.1 Å². The summed E-state index contributed by atoms with van der Waals surface area (Å²) in [5, 5.41) is 4.09. The van der Waals surface area contributed by atoms with Crippen LogP contribution in [0.4, 0.5) is 0 Å². The van der Waals surface area contributed by atoms with Crippen LogP contribution in [0.1, 0.15) is 43.9 Å². The summed E-state index contributed by atoms with van der Waals surface area (Å²) in [5.41, 5.74) is 4.51. The summed E-state index contributed by atoms with van der Waals surface area (Å²) in [6.45, 7) is 5.97. The number of fused-ring (bicyclic) bond motifs is 2. The van der Waals surface area contributed by atoms with Gasteiger partial charge in [-0.3, -0.25) is 4.79 Å². The molecule has 0 bridgehead atoms. The highest BCUT2D eigenvalue weighted by atomic mass is 16.3. The molecule has 0 saturated heterocycles. The first-order chi connectivity index (χ1) is 9.42. The standard InChI is InChI=1S/C17H21NO2/c1-17(2,3)18-16(19)9-13-10-20-15-8-12-6-4-5-11(12)7-14(13)15/h7-8,10H,4-6,9H2,1-3H3,(H,18,19). The SMILES string of the molecule is CC(C)(C)NC(=O)Cc1coc2cc3c(cc12)CCC3. The summed E-state index contributed by atoms with van der Waals surface area (Å²) in [6, 6.07) is 4.35. The molecule has 1 aliphatic rings. The molecule has 3 nitrogen and oxygen atoms in total. The lowest BCUT2D eigenvalue weighted by Gasteiger charge is -2.20. The van der Waals surface area contributed by atoms with E-state index in [2.05, 4.69) is 17.4 Å². The van der Waals surface area contributed by atoms with Crippen molar-refractivity contribution in [1.29, 1.82) is 0 Å². The molecular weight excluding hydrogens is 250 g/mol. The number of hydrogen-bond donors (Lipinski definition) is 1. The zero-order chi connectivity index (χ0) is 14.3. The molecule has 0 spiro atoms. The highest BCUT2D eigenvalue weighted by Crippen LogP contribution is 2.30. The van der Waals surface area contributed by atoms with E-state index in [-0.39, 0.29) is 11.4 Å². The number of furan rings is 1. The molecule has 0 atom stereocenters. The van der Waals surface area contributed by atoms with E-state index in [0.717, 1.165) is 29.4 Å². The van der Waals surface area contributed by atoms with E-state index < -0.39 is 0 Å². The van der Waals surface area contributed by atoms with Crippen LogP contribution in [0, 0.1) is 0 Å². The molecule has 1 N–H and O–H groups in total. The quantitative estimate of drug-likeness (QED) is 0.909. The maximum Gasteiger partial charge on any atom is 0.224 e. The van der Waals surface area contributed by atoms with Gasteiger partial charge in [-0.15, -0.1) is 0 Å². The summed E-state index contributed by atoms with van der Waals surface area (Å²) in [7, 11) is 0. The van der Waals surface area contributed by atoms with Crippen LogP contribution in [0.25, 0.3) is 11.0 Å². The van der Waals surface area contributed by atoms with E-state index in [4.69, 9.17) is 4.42 Å². The summed E-state index contributed by atoms with van der Waals surface area (Å²) >= 11 is 0. The minimum Gasteiger partial charge on any atom is -0.464 e. The molecule has 1 heterocycles. The maximum absolute atomic E-state index is 12.1. The van der Waals surface area contributed by atoms with E-state index in [1.807, 2.05) is 20.8 Å². The van der Waals surface area contributed by atoms with Crippen LogP contribution in [0.15, 0.2) is 22.8 Å². The summed E-state index contributed by atoms with van der Waals surface area (Å²) < 4.78 is 5.63. The van der Waals surface area contributed by atoms with Crippen molar-refractivity contribution in [2.45, 2.75) is 52.0 Å². The average molecular weight is 271 g/mol. The number of benzene rings is 1. The first-order valence-electron chi connectivity index (χ1n) is 7.25. The van der Waals surface area contributed by atoms with Gasteiger partial charge in [0.15, 0.2) is 0 Å². The third-order valence-electron chi connectivity index (χ3n) is 3.73. The van der Waals surface area contributed by atoms with Crippen molar-refractivity contribution in [2.24, 2.45) is 0 Å². The van der Waals surface area contributed by atoms with E-state index in [1.54, 1.807) is 6.26 Å². The van der Waals surface area contributed by atoms with Crippen molar-refractivity contribution >= 4 is 16.9 Å². The molecular formula is C17H21NO2. The molecule has 1 aromatic heterocycles. The fourth-order valence-corrected chi connectivity index (χ4v) is 2.92. The van der Waals surface area contributed by atoms with Crippen LogP contribution in [0.3, 0.4) is 0 Å². The second kappa shape index (κ2) is 4.65. The third-order valence-corrected chi connectivity index (χ3v) is 3.73. The Kier molecular flexibility index (Phi) is 3.08. The highest BCUT2D eigenvalue weighted by molar-refractivity contribution is 5.88. The Morgan fingerprint density at radius 3 is 2.65 bits per heavy atom. The number of rotatable bonds is 2. The van der Waals surface area contributed by atoms with Crippen LogP contribution >= 0.6 is 0 Å². The van der Waals surface area contributed by atoms with E-state index in [0.29, 0.717) is 6.42 Å². The van der Waals surface area contributed by atoms with Crippen LogP contribution in [0.5, 0.6) is 0 Å². The van der Waals surface area contributed by atoms with Crippen LogP contribution in [-0.2, 0) is 24.1 Å². The smallest absolute Gasteiger partial charge is 0.224 e. The van der Waals surface area contributed by atoms with Crippen LogP contribution in [-0.4, -0.2) is 11.4 Å². The van der Waals surface area contributed by atoms with E-state index in [1.165, 1.54) is 17.5 Å². The Morgan fingerprint density at radius 1 is 1.25 bits per heavy atom. The first-order valence-corrected chi connectivity index (χ1v) is 7.25. The summed E-state index contributed by atoms with van der Waals surface area (Å²) in [6.07, 6.45) is 5.61. The molecule has 1 amide bonds. The third kappa shape index (κ3) is 2.58. The molecule has 2 aromatic rings. The van der Waals surface area contributed by atoms with Gasteiger partial charge in [-0.2, -0.15) is 0 Å². The topological polar surface area (TPSA) is 42.2 Å². The van der Waals surface area contributed by atoms with Crippen molar-refractivity contribution in [2.75, 3.05) is 0 Å². The summed E-state index contributed by atoms with van der Waals surface area (Å²) in [4.78, 5) is 12.1. The van der Waals surface area contributed by atoms with E-state index >= 15 is 0 Å². The van der Waals surface area contributed by atoms with Crippen LogP contribution < -0.4 is 5.32 Å². The second-order valence-corrected chi connectivity index (χ2v) is 6.71. The van der Waals surface area contributed by atoms with Gasteiger partial charge in [0, 0.05) is 16.5 Å². The lowest BCUT2D eigenvalue weighted by atomic mass is 10.0. The Labute approximate surface area is 119 Å². The van der Waals surface area contributed by atoms with Crippen molar-refractivity contribution in [1.82, 2.24) is 5.32 Å². The molecule has 0 radical (unpaired) electrons. The normalized spacial score (nSPS) is 14.6. The molecule has 106 valence electrons. The largest absolute Gasteiger partial charge is 0.464 e. The van der Waals surface area contributed by atoms with Gasteiger partial charge >= 0.3 is 0 Å². The molecule has 0 saturated carbocycles. The Bertz CT molecular complexity index is 661. The number of aryl methyl sites for hydroxylation is 2. The molecule has 0 unspecified atom stereocenters. The van der Waals surface area contributed by atoms with Gasteiger partial charge in [0.25, 0.3) is 0 Å². The number of hydrogen-bond acceptors (Lipinski definition) is 2. The fraction of sp³-hybridized carbons (Fsp3) is 0.471. The Hall–Kier alpha value is -1.77. The highest BCUT2D eigenvalue weighted by Gasteiger charge is 2.18. The van der Waals surface area contributed by atoms with E-state index in [9.17, 15) is 4.79 Å². The van der Waals surface area contributed by atoms with Gasteiger partial charge in [-0.05, 0) is 63.3 Å². The van der Waals surface area contributed by atoms with Crippen LogP contribution in [0.2, 0.25) is 0 Å². The predicted octanol–water partition coefficient (Wildman–Crippen LogP) is 3.38. The monoisotopic (exact) mass is 271 g/mol. The number of amides is 1. The average Bonchev–Trinajstić information content (AvgIpc) is 2.91. The minimum absolute atomic E-state index is 0.0423. The molecule has 1 aliphatic carbocycles. The van der Waals surface area contributed by atoms with Crippen molar-refractivity contribution in [3.8, 4) is 0 Å². The number of carbonyl (C=O) groups excluding carboxylic acids is 1. The molecule has 3 heteroatoms. The van der Waals surface area contributed by atoms with Gasteiger partial charge in [-0.1, -0.05) is 0 Å². The fourth-order valence-electron chi connectivity index (χ4n) is 2.92. The maximum atomic E-state index is 12.1. The Balaban J connectivity index is 1.87. The zero-order valence-electron chi connectivity index (χ0n) is 12.4. The molecule has 0 aliphatic heterocycles. The molecule has 0 fully saturated rings. The molecule has 3 rings (SSSR count). The lowest BCUT2D eigenvalue weighted by Crippen LogP contribution is -2.41.